The average molecular weight is 819 g/mol. The number of benzene rings is 4. The predicted octanol–water partition coefficient (Wildman–Crippen LogP) is 7.15. The zero-order valence-corrected chi connectivity index (χ0v) is 32.6. The van der Waals surface area contributed by atoms with E-state index in [9.17, 15) is 22.4 Å². The summed E-state index contributed by atoms with van der Waals surface area (Å²) in [6.45, 7) is 4.35. The third-order valence-electron chi connectivity index (χ3n) is 9.00. The number of hydrogen-bond donors (Lipinski definition) is 2. The van der Waals surface area contributed by atoms with E-state index in [1.165, 1.54) is 56.8 Å². The van der Waals surface area contributed by atoms with Crippen LogP contribution in [-0.4, -0.2) is 64.2 Å². The number of aryl methyl sites for hydroxylation is 1. The lowest BCUT2D eigenvalue weighted by atomic mass is 9.96. The lowest BCUT2D eigenvalue weighted by Crippen LogP contribution is -2.43. The Morgan fingerprint density at radius 3 is 2.16 bits per heavy atom. The van der Waals surface area contributed by atoms with Crippen LogP contribution in [-0.2, 0) is 37.3 Å². The van der Waals surface area contributed by atoms with E-state index in [1.54, 1.807) is 19.1 Å². The highest BCUT2D eigenvalue weighted by Gasteiger charge is 2.29. The van der Waals surface area contributed by atoms with Gasteiger partial charge < -0.3 is 28.7 Å². The molecule has 0 aliphatic rings. The number of amides is 1. The van der Waals surface area contributed by atoms with Crippen LogP contribution in [0.1, 0.15) is 34.3 Å². The number of carbonyl (C=O) groups excluding carboxylic acids is 2. The summed E-state index contributed by atoms with van der Waals surface area (Å²) in [6.07, 6.45) is 1.02. The first-order chi connectivity index (χ1) is 27.8. The van der Waals surface area contributed by atoms with Crippen molar-refractivity contribution in [2.45, 2.75) is 37.8 Å². The molecule has 0 fully saturated rings. The third kappa shape index (κ3) is 8.74. The highest BCUT2D eigenvalue weighted by Crippen LogP contribution is 2.44. The van der Waals surface area contributed by atoms with E-state index in [-0.39, 0.29) is 17.2 Å². The van der Waals surface area contributed by atoms with Gasteiger partial charge in [-0.25, -0.2) is 32.0 Å². The minimum Gasteiger partial charge on any atom is -0.496 e. The van der Waals surface area contributed by atoms with Crippen LogP contribution in [0.2, 0.25) is 0 Å². The summed E-state index contributed by atoms with van der Waals surface area (Å²) < 4.78 is 101. The Labute approximate surface area is 331 Å². The van der Waals surface area contributed by atoms with Crippen LogP contribution in [0.15, 0.2) is 88.3 Å². The second-order valence-electron chi connectivity index (χ2n) is 12.8. The molecule has 13 nitrogen and oxygen atoms in total. The van der Waals surface area contributed by atoms with E-state index in [0.29, 0.717) is 75.8 Å². The Bertz CT molecular complexity index is 2570. The van der Waals surface area contributed by atoms with Crippen molar-refractivity contribution >= 4 is 38.7 Å². The van der Waals surface area contributed by atoms with E-state index in [1.807, 2.05) is 19.1 Å². The van der Waals surface area contributed by atoms with Gasteiger partial charge in [-0.1, -0.05) is 18.2 Å². The van der Waals surface area contributed by atoms with Crippen molar-refractivity contribution in [3.05, 3.63) is 119 Å². The highest BCUT2D eigenvalue weighted by atomic mass is 32.2. The van der Waals surface area contributed by atoms with Gasteiger partial charge in [-0.05, 0) is 77.7 Å². The first-order valence-electron chi connectivity index (χ1n) is 17.6. The Hall–Kier alpha value is -6.46. The molecule has 0 saturated heterocycles. The van der Waals surface area contributed by atoms with Gasteiger partial charge in [0.05, 0.1) is 44.1 Å². The SMILES string of the molecule is CCOCc1cc(OC)c(-c2ccc(C[C@H](NC(=O)c3c(F)cc(NS(=O)(=O)c4ccc(-c5ccnc(F)c5)cc4)cc3F)C(=O)OC)c3nc(C)oc23)c(OC)c1. The van der Waals surface area contributed by atoms with Crippen LogP contribution in [0.3, 0.4) is 0 Å². The molecule has 0 saturated carbocycles. The standard InChI is InChI=1S/C41H37F3N4O9S/c1-6-56-21-23-15-33(53-3)36(34(16-23)54-4)29-12-9-26(38-39(29)57-22(2)46-38)17-32(41(50)55-5)47-40(49)37-30(42)19-27(20-31(37)43)48-58(51,52)28-10-7-24(8-11-28)25-13-14-45-35(44)18-25/h7-16,18-20,32,48H,6,17,21H2,1-5H3,(H,47,49)/t32-/m0/s1. The molecule has 302 valence electrons. The minimum absolute atomic E-state index is 0.237. The maximum atomic E-state index is 15.5. The van der Waals surface area contributed by atoms with E-state index < -0.39 is 56.8 Å². The van der Waals surface area contributed by atoms with Gasteiger partial charge in [0.1, 0.15) is 40.3 Å². The largest absolute Gasteiger partial charge is 0.496 e. The second-order valence-corrected chi connectivity index (χ2v) is 14.4. The van der Waals surface area contributed by atoms with Crippen LogP contribution in [0.4, 0.5) is 18.9 Å². The van der Waals surface area contributed by atoms with Crippen molar-refractivity contribution in [3.8, 4) is 33.8 Å². The fraction of sp³-hybridized carbons (Fsp3) is 0.220. The Morgan fingerprint density at radius 2 is 1.55 bits per heavy atom. The monoisotopic (exact) mass is 818 g/mol. The number of ether oxygens (including phenoxy) is 4. The Morgan fingerprint density at radius 1 is 0.879 bits per heavy atom. The van der Waals surface area contributed by atoms with Crippen LogP contribution in [0.5, 0.6) is 11.5 Å². The lowest BCUT2D eigenvalue weighted by Gasteiger charge is -2.19. The number of sulfonamides is 1. The number of halogens is 3. The quantitative estimate of drug-likeness (QED) is 0.0798. The van der Waals surface area contributed by atoms with Crippen molar-refractivity contribution in [1.29, 1.82) is 0 Å². The third-order valence-corrected chi connectivity index (χ3v) is 10.4. The molecule has 2 heterocycles. The molecular weight excluding hydrogens is 782 g/mol. The van der Waals surface area contributed by atoms with Gasteiger partial charge >= 0.3 is 5.97 Å². The topological polar surface area (TPSA) is 168 Å². The molecule has 6 aromatic rings. The van der Waals surface area contributed by atoms with Crippen LogP contribution in [0.25, 0.3) is 33.4 Å². The number of oxazole rings is 1. The predicted molar refractivity (Wildman–Crippen MR) is 206 cm³/mol. The molecule has 1 atom stereocenters. The van der Waals surface area contributed by atoms with Crippen LogP contribution < -0.4 is 19.5 Å². The normalized spacial score (nSPS) is 11.9. The average Bonchev–Trinajstić information content (AvgIpc) is 3.60. The molecule has 6 rings (SSSR count). The van der Waals surface area contributed by atoms with Crippen molar-refractivity contribution < 1.29 is 54.5 Å². The summed E-state index contributed by atoms with van der Waals surface area (Å²) in [5.74, 6) is -4.56. The van der Waals surface area contributed by atoms with Gasteiger partial charge in [-0.15, -0.1) is 0 Å². The number of carbonyl (C=O) groups is 2. The number of fused-ring (bicyclic) bond motifs is 1. The molecule has 1 amide bonds. The van der Waals surface area contributed by atoms with Crippen molar-refractivity contribution in [3.63, 3.8) is 0 Å². The Balaban J connectivity index is 1.24. The molecule has 0 aliphatic carbocycles. The summed E-state index contributed by atoms with van der Waals surface area (Å²) in [5, 5.41) is 2.34. The van der Waals surface area contributed by atoms with E-state index in [4.69, 9.17) is 23.4 Å². The summed E-state index contributed by atoms with van der Waals surface area (Å²) in [4.78, 5) is 34.2. The number of methoxy groups -OCH3 is 3. The number of esters is 1. The fourth-order valence-electron chi connectivity index (χ4n) is 6.32. The number of nitrogens with zero attached hydrogens (tertiary/aromatic N) is 2. The van der Waals surface area contributed by atoms with Crippen LogP contribution in [0, 0.1) is 24.5 Å². The van der Waals surface area contributed by atoms with Gasteiger partial charge in [0, 0.05) is 37.8 Å². The van der Waals surface area contributed by atoms with E-state index in [0.717, 1.165) is 12.7 Å². The first kappa shape index (κ1) is 41.2. The number of anilines is 1. The zero-order chi connectivity index (χ0) is 41.7. The second kappa shape index (κ2) is 17.4. The first-order valence-corrected chi connectivity index (χ1v) is 19.1. The zero-order valence-electron chi connectivity index (χ0n) is 31.8. The number of nitrogens with one attached hydrogen (secondary N) is 2. The molecule has 17 heteroatoms. The molecule has 2 aromatic heterocycles. The molecule has 0 aliphatic heterocycles. The maximum absolute atomic E-state index is 15.5. The summed E-state index contributed by atoms with van der Waals surface area (Å²) in [7, 11) is -0.262. The lowest BCUT2D eigenvalue weighted by molar-refractivity contribution is -0.142. The summed E-state index contributed by atoms with van der Waals surface area (Å²) in [5.41, 5.74) is 2.34. The van der Waals surface area contributed by atoms with Gasteiger partial charge in [0.15, 0.2) is 11.5 Å². The van der Waals surface area contributed by atoms with Gasteiger partial charge in [0.25, 0.3) is 15.9 Å². The number of pyridine rings is 1. The molecule has 2 N–H and O–H groups in total. The van der Waals surface area contributed by atoms with E-state index in [2.05, 4.69) is 20.0 Å². The Kier molecular flexibility index (Phi) is 12.3. The van der Waals surface area contributed by atoms with Gasteiger partial charge in [0.2, 0.25) is 5.95 Å². The van der Waals surface area contributed by atoms with E-state index >= 15 is 8.78 Å². The molecule has 0 bridgehead atoms. The molecule has 4 aromatic carbocycles. The number of hydrogen-bond acceptors (Lipinski definition) is 11. The highest BCUT2D eigenvalue weighted by molar-refractivity contribution is 7.92. The van der Waals surface area contributed by atoms with Gasteiger partial charge in [-0.2, -0.15) is 4.39 Å². The van der Waals surface area contributed by atoms with Crippen molar-refractivity contribution in [2.75, 3.05) is 32.7 Å². The molecule has 0 unspecified atom stereocenters. The molecule has 58 heavy (non-hydrogen) atoms. The molecular formula is C41H37F3N4O9S. The smallest absolute Gasteiger partial charge is 0.328 e. The fourth-order valence-corrected chi connectivity index (χ4v) is 7.36. The molecule has 0 spiro atoms. The molecule has 0 radical (unpaired) electrons. The minimum atomic E-state index is -4.37. The number of rotatable bonds is 15. The van der Waals surface area contributed by atoms with Crippen molar-refractivity contribution in [1.82, 2.24) is 15.3 Å². The number of aromatic nitrogens is 2. The van der Waals surface area contributed by atoms with Gasteiger partial charge in [-0.3, -0.25) is 9.52 Å². The van der Waals surface area contributed by atoms with Crippen molar-refractivity contribution in [2.24, 2.45) is 0 Å². The summed E-state index contributed by atoms with van der Waals surface area (Å²) in [6, 6.07) is 14.8. The summed E-state index contributed by atoms with van der Waals surface area (Å²) >= 11 is 0. The van der Waals surface area contributed by atoms with Crippen LogP contribution >= 0.6 is 0 Å². The maximum Gasteiger partial charge on any atom is 0.328 e.